The van der Waals surface area contributed by atoms with Crippen molar-refractivity contribution in [3.8, 4) is 11.5 Å². The van der Waals surface area contributed by atoms with Gasteiger partial charge in [0, 0.05) is 25.2 Å². The molecular formula is C27H25N3O4. The fourth-order valence-electron chi connectivity index (χ4n) is 3.64. The Hall–Kier alpha value is -4.39. The minimum Gasteiger partial charge on any atom is -0.493 e. The van der Waals surface area contributed by atoms with Crippen molar-refractivity contribution in [3.63, 3.8) is 0 Å². The number of hydrogen-bond acceptors (Lipinski definition) is 5. The summed E-state index contributed by atoms with van der Waals surface area (Å²) in [4.78, 5) is 33.0. The summed E-state index contributed by atoms with van der Waals surface area (Å²) in [5.74, 6) is 1.38. The van der Waals surface area contributed by atoms with Crippen molar-refractivity contribution < 1.29 is 19.1 Å². The first kappa shape index (κ1) is 22.8. The zero-order valence-electron chi connectivity index (χ0n) is 19.5. The van der Waals surface area contributed by atoms with Gasteiger partial charge >= 0.3 is 0 Å². The smallest absolute Gasteiger partial charge is 0.282 e. The molecule has 0 bridgehead atoms. The fourth-order valence-corrected chi connectivity index (χ4v) is 3.64. The highest BCUT2D eigenvalue weighted by Crippen LogP contribution is 2.32. The van der Waals surface area contributed by atoms with Crippen molar-refractivity contribution in [2.24, 2.45) is 4.99 Å². The number of carbonyl (C=O) groups is 2. The van der Waals surface area contributed by atoms with E-state index in [1.807, 2.05) is 60.7 Å². The summed E-state index contributed by atoms with van der Waals surface area (Å²) >= 11 is 0. The number of rotatable bonds is 6. The lowest BCUT2D eigenvalue weighted by atomic mass is 10.1. The summed E-state index contributed by atoms with van der Waals surface area (Å²) in [5.41, 5.74) is 3.27. The second kappa shape index (κ2) is 9.62. The molecule has 2 amide bonds. The molecule has 1 aliphatic heterocycles. The van der Waals surface area contributed by atoms with Crippen LogP contribution in [-0.2, 0) is 9.59 Å². The molecule has 7 heteroatoms. The molecule has 1 aliphatic rings. The van der Waals surface area contributed by atoms with Crippen LogP contribution in [0.1, 0.15) is 18.1 Å². The highest BCUT2D eigenvalue weighted by Gasteiger charge is 2.32. The number of nitrogens with zero attached hydrogens (tertiary/aromatic N) is 3. The standard InChI is InChI=1S/C27H25N3O4/c1-18(31)29(2)21-11-13-22(14-12-21)30-26(20-8-6-5-7-9-20)28-23(27(30)32)16-19-10-15-24(33-3)25(17-19)34-4/h5-17H,1-4H3. The number of ether oxygens (including phenoxy) is 2. The van der Waals surface area contributed by atoms with E-state index in [0.29, 0.717) is 28.7 Å². The first-order chi connectivity index (χ1) is 16.4. The van der Waals surface area contributed by atoms with Gasteiger partial charge in [-0.1, -0.05) is 36.4 Å². The number of amidine groups is 1. The third-order valence-electron chi connectivity index (χ3n) is 5.57. The average Bonchev–Trinajstić information content (AvgIpc) is 3.19. The molecule has 34 heavy (non-hydrogen) atoms. The molecule has 0 saturated carbocycles. The van der Waals surface area contributed by atoms with E-state index in [4.69, 9.17) is 14.5 Å². The van der Waals surface area contributed by atoms with Gasteiger partial charge in [-0.3, -0.25) is 14.5 Å². The summed E-state index contributed by atoms with van der Waals surface area (Å²) < 4.78 is 10.7. The molecule has 4 rings (SSSR count). The van der Waals surface area contributed by atoms with Crippen LogP contribution in [0, 0.1) is 0 Å². The molecule has 0 atom stereocenters. The molecule has 0 radical (unpaired) electrons. The molecule has 0 saturated heterocycles. The summed E-state index contributed by atoms with van der Waals surface area (Å²) in [6.07, 6.45) is 1.73. The quantitative estimate of drug-likeness (QED) is 0.513. The summed E-state index contributed by atoms with van der Waals surface area (Å²) in [7, 11) is 4.85. The maximum absolute atomic E-state index is 13.5. The lowest BCUT2D eigenvalue weighted by Gasteiger charge is -2.20. The Morgan fingerprint density at radius 2 is 1.62 bits per heavy atom. The first-order valence-corrected chi connectivity index (χ1v) is 10.7. The van der Waals surface area contributed by atoms with E-state index < -0.39 is 0 Å². The Morgan fingerprint density at radius 1 is 0.941 bits per heavy atom. The SMILES string of the molecule is COc1ccc(C=C2N=C(c3ccccc3)N(c3ccc(N(C)C(C)=O)cc3)C2=O)cc1OC. The number of benzene rings is 3. The van der Waals surface area contributed by atoms with E-state index in [1.54, 1.807) is 49.3 Å². The molecular weight excluding hydrogens is 430 g/mol. The molecule has 7 nitrogen and oxygen atoms in total. The summed E-state index contributed by atoms with van der Waals surface area (Å²) in [6.45, 7) is 1.50. The maximum Gasteiger partial charge on any atom is 0.282 e. The molecule has 3 aromatic carbocycles. The lowest BCUT2D eigenvalue weighted by Crippen LogP contribution is -2.32. The number of hydrogen-bond donors (Lipinski definition) is 0. The van der Waals surface area contributed by atoms with Gasteiger partial charge in [0.15, 0.2) is 11.5 Å². The molecule has 3 aromatic rings. The predicted molar refractivity (Wildman–Crippen MR) is 134 cm³/mol. The zero-order valence-corrected chi connectivity index (χ0v) is 19.5. The summed E-state index contributed by atoms with van der Waals surface area (Å²) in [5, 5.41) is 0. The lowest BCUT2D eigenvalue weighted by molar-refractivity contribution is -0.116. The Bertz CT molecular complexity index is 1280. The fraction of sp³-hybridized carbons (Fsp3) is 0.148. The number of carbonyl (C=O) groups excluding carboxylic acids is 2. The van der Waals surface area contributed by atoms with Gasteiger partial charge in [-0.05, 0) is 48.0 Å². The van der Waals surface area contributed by atoms with Crippen molar-refractivity contribution in [2.75, 3.05) is 31.1 Å². The van der Waals surface area contributed by atoms with Crippen LogP contribution in [-0.4, -0.2) is 38.9 Å². The minimum atomic E-state index is -0.249. The van der Waals surface area contributed by atoms with Crippen LogP contribution in [0.4, 0.5) is 11.4 Å². The third-order valence-corrected chi connectivity index (χ3v) is 5.57. The third kappa shape index (κ3) is 4.41. The van der Waals surface area contributed by atoms with Gasteiger partial charge in [-0.15, -0.1) is 0 Å². The summed E-state index contributed by atoms with van der Waals surface area (Å²) in [6, 6.07) is 22.2. The van der Waals surface area contributed by atoms with Crippen molar-refractivity contribution in [1.82, 2.24) is 0 Å². The molecule has 0 aromatic heterocycles. The molecule has 0 unspecified atom stereocenters. The minimum absolute atomic E-state index is 0.0725. The van der Waals surface area contributed by atoms with Gasteiger partial charge < -0.3 is 14.4 Å². The molecule has 0 fully saturated rings. The van der Waals surface area contributed by atoms with E-state index in [1.165, 1.54) is 6.92 Å². The number of anilines is 2. The van der Waals surface area contributed by atoms with Gasteiger partial charge in [-0.2, -0.15) is 0 Å². The van der Waals surface area contributed by atoms with E-state index in [2.05, 4.69) is 0 Å². The Balaban J connectivity index is 1.76. The number of amides is 2. The molecule has 0 spiro atoms. The normalized spacial score (nSPS) is 14.2. The highest BCUT2D eigenvalue weighted by atomic mass is 16.5. The second-order valence-corrected chi connectivity index (χ2v) is 7.68. The Labute approximate surface area is 198 Å². The largest absolute Gasteiger partial charge is 0.493 e. The zero-order chi connectivity index (χ0) is 24.2. The van der Waals surface area contributed by atoms with Crippen molar-refractivity contribution in [3.05, 3.63) is 89.6 Å². The van der Waals surface area contributed by atoms with Crippen LogP contribution in [0.3, 0.4) is 0 Å². The Morgan fingerprint density at radius 3 is 2.24 bits per heavy atom. The van der Waals surface area contributed by atoms with Gasteiger partial charge in [0.25, 0.3) is 5.91 Å². The van der Waals surface area contributed by atoms with E-state index >= 15 is 0 Å². The van der Waals surface area contributed by atoms with E-state index in [-0.39, 0.29) is 11.8 Å². The van der Waals surface area contributed by atoms with Crippen LogP contribution >= 0.6 is 0 Å². The van der Waals surface area contributed by atoms with E-state index in [9.17, 15) is 9.59 Å². The second-order valence-electron chi connectivity index (χ2n) is 7.68. The number of methoxy groups -OCH3 is 2. The molecule has 1 heterocycles. The van der Waals surface area contributed by atoms with Gasteiger partial charge in [0.1, 0.15) is 11.5 Å². The van der Waals surface area contributed by atoms with Crippen molar-refractivity contribution >= 4 is 35.1 Å². The maximum atomic E-state index is 13.5. The van der Waals surface area contributed by atoms with Gasteiger partial charge in [0.2, 0.25) is 5.91 Å². The van der Waals surface area contributed by atoms with Crippen molar-refractivity contribution in [2.45, 2.75) is 6.92 Å². The first-order valence-electron chi connectivity index (χ1n) is 10.7. The molecule has 172 valence electrons. The van der Waals surface area contributed by atoms with Gasteiger partial charge in [0.05, 0.1) is 19.9 Å². The highest BCUT2D eigenvalue weighted by molar-refractivity contribution is 6.33. The number of aliphatic imine (C=N–C) groups is 1. The topological polar surface area (TPSA) is 71.4 Å². The van der Waals surface area contributed by atoms with Crippen molar-refractivity contribution in [1.29, 1.82) is 0 Å². The average molecular weight is 456 g/mol. The van der Waals surface area contributed by atoms with Gasteiger partial charge in [-0.25, -0.2) is 4.99 Å². The van der Waals surface area contributed by atoms with Crippen LogP contribution in [0.15, 0.2) is 83.5 Å². The Kier molecular flexibility index (Phi) is 6.45. The molecule has 0 N–H and O–H groups in total. The van der Waals surface area contributed by atoms with Crippen LogP contribution in [0.5, 0.6) is 11.5 Å². The van der Waals surface area contributed by atoms with Crippen LogP contribution in [0.25, 0.3) is 6.08 Å². The van der Waals surface area contributed by atoms with Crippen LogP contribution < -0.4 is 19.3 Å². The van der Waals surface area contributed by atoms with Crippen LogP contribution in [0.2, 0.25) is 0 Å². The predicted octanol–water partition coefficient (Wildman–Crippen LogP) is 4.52. The molecule has 0 aliphatic carbocycles. The van der Waals surface area contributed by atoms with E-state index in [0.717, 1.165) is 16.8 Å². The monoisotopic (exact) mass is 455 g/mol.